The average Bonchev–Trinajstić information content (AvgIpc) is 2.69. The first-order valence-corrected chi connectivity index (χ1v) is 6.47. The number of para-hydroxylation sites is 1. The monoisotopic (exact) mass is 259 g/mol. The summed E-state index contributed by atoms with van der Waals surface area (Å²) in [5, 5.41) is 14.1. The molecule has 2 rings (SSSR count). The molecule has 0 fully saturated rings. The minimum Gasteiger partial charge on any atom is -0.356 e. The molecule has 19 heavy (non-hydrogen) atoms. The molecule has 1 aromatic rings. The highest BCUT2D eigenvalue weighted by molar-refractivity contribution is 5.98. The fourth-order valence-electron chi connectivity index (χ4n) is 2.01. The predicted octanol–water partition coefficient (Wildman–Crippen LogP) is 3.23. The molecule has 5 nitrogen and oxygen atoms in total. The van der Waals surface area contributed by atoms with Crippen LogP contribution < -0.4 is 5.32 Å². The Morgan fingerprint density at radius 2 is 2.05 bits per heavy atom. The molecule has 0 aromatic heterocycles. The van der Waals surface area contributed by atoms with Crippen LogP contribution in [0, 0.1) is 10.1 Å². The second-order valence-electron chi connectivity index (χ2n) is 4.44. The van der Waals surface area contributed by atoms with Gasteiger partial charge in [0.15, 0.2) is 0 Å². The number of nitrogens with zero attached hydrogens (tertiary/aromatic N) is 2. The number of nitrogens with one attached hydrogen (secondary N) is 1. The van der Waals surface area contributed by atoms with E-state index in [-0.39, 0.29) is 10.6 Å². The number of aliphatic imine (C=N–C) groups is 1. The highest BCUT2D eigenvalue weighted by atomic mass is 16.6. The predicted molar refractivity (Wildman–Crippen MR) is 75.9 cm³/mol. The highest BCUT2D eigenvalue weighted by Crippen LogP contribution is 2.14. The van der Waals surface area contributed by atoms with Gasteiger partial charge in [-0.15, -0.1) is 0 Å². The van der Waals surface area contributed by atoms with Gasteiger partial charge >= 0.3 is 5.70 Å². The summed E-state index contributed by atoms with van der Waals surface area (Å²) in [5.41, 5.74) is 1.51. The second-order valence-corrected chi connectivity index (χ2v) is 4.44. The van der Waals surface area contributed by atoms with Gasteiger partial charge in [-0.2, -0.15) is 0 Å². The third kappa shape index (κ3) is 3.91. The Bertz CT molecular complexity index is 495. The van der Waals surface area contributed by atoms with Crippen molar-refractivity contribution < 1.29 is 4.92 Å². The van der Waals surface area contributed by atoms with E-state index in [9.17, 15) is 10.1 Å². The van der Waals surface area contributed by atoms with Crippen molar-refractivity contribution >= 4 is 11.4 Å². The molecule has 100 valence electrons. The minimum absolute atomic E-state index is 0.0748. The molecule has 0 amide bonds. The lowest BCUT2D eigenvalue weighted by atomic mass is 10.1. The Morgan fingerprint density at radius 1 is 1.26 bits per heavy atom. The molecule has 0 spiro atoms. The molecule has 0 unspecified atom stereocenters. The lowest BCUT2D eigenvalue weighted by molar-refractivity contribution is -0.415. The Labute approximate surface area is 112 Å². The third-order valence-corrected chi connectivity index (χ3v) is 3.02. The molecule has 0 aliphatic carbocycles. The van der Waals surface area contributed by atoms with Crippen molar-refractivity contribution in [3.05, 3.63) is 52.3 Å². The summed E-state index contributed by atoms with van der Waals surface area (Å²) in [6, 6.07) is 9.39. The van der Waals surface area contributed by atoms with E-state index >= 15 is 0 Å². The Morgan fingerprint density at radius 3 is 2.79 bits per heavy atom. The summed E-state index contributed by atoms with van der Waals surface area (Å²) in [5.74, 6) is 0. The van der Waals surface area contributed by atoms with E-state index in [1.165, 1.54) is 6.20 Å². The van der Waals surface area contributed by atoms with Gasteiger partial charge in [0.1, 0.15) is 5.71 Å². The molecule has 5 heteroatoms. The molecular weight excluding hydrogens is 242 g/mol. The molecule has 0 saturated carbocycles. The Hall–Kier alpha value is -2.17. The molecule has 1 aliphatic rings. The van der Waals surface area contributed by atoms with Gasteiger partial charge in [-0.25, -0.2) is 0 Å². The number of benzene rings is 1. The van der Waals surface area contributed by atoms with Crippen LogP contribution in [0.1, 0.15) is 25.7 Å². The standard InChI is InChI=1S/C14H17N3O2/c18-17(19)14(13-9-5-2-6-10-15-13)11-16-12-7-3-1-4-8-12/h1,3-4,7-8,11,16H,2,5-6,9-10H2/b14-11+. The zero-order valence-electron chi connectivity index (χ0n) is 10.7. The van der Waals surface area contributed by atoms with E-state index in [0.29, 0.717) is 18.7 Å². The maximum absolute atomic E-state index is 11.1. The molecule has 0 atom stereocenters. The van der Waals surface area contributed by atoms with E-state index in [2.05, 4.69) is 10.3 Å². The van der Waals surface area contributed by atoms with Crippen molar-refractivity contribution in [3.63, 3.8) is 0 Å². The molecule has 0 saturated heterocycles. The number of anilines is 1. The summed E-state index contributed by atoms with van der Waals surface area (Å²) in [4.78, 5) is 15.1. The van der Waals surface area contributed by atoms with Gasteiger partial charge in [0.05, 0.1) is 11.1 Å². The summed E-state index contributed by atoms with van der Waals surface area (Å²) in [7, 11) is 0. The maximum atomic E-state index is 11.1. The van der Waals surface area contributed by atoms with Crippen LogP contribution in [0.15, 0.2) is 47.2 Å². The molecular formula is C14H17N3O2. The fourth-order valence-corrected chi connectivity index (χ4v) is 2.01. The first-order chi connectivity index (χ1) is 9.27. The van der Waals surface area contributed by atoms with Crippen LogP contribution >= 0.6 is 0 Å². The van der Waals surface area contributed by atoms with Gasteiger partial charge in [0.25, 0.3) is 0 Å². The summed E-state index contributed by atoms with van der Waals surface area (Å²) in [6.45, 7) is 0.686. The van der Waals surface area contributed by atoms with E-state index in [1.807, 2.05) is 30.3 Å². The van der Waals surface area contributed by atoms with Crippen LogP contribution in [0.2, 0.25) is 0 Å². The molecule has 1 aliphatic heterocycles. The van der Waals surface area contributed by atoms with Gasteiger partial charge in [-0.1, -0.05) is 24.6 Å². The number of hydrogen-bond donors (Lipinski definition) is 1. The topological polar surface area (TPSA) is 67.5 Å². The second kappa shape index (κ2) is 6.68. The van der Waals surface area contributed by atoms with Gasteiger partial charge in [-0.3, -0.25) is 15.1 Å². The third-order valence-electron chi connectivity index (χ3n) is 3.02. The van der Waals surface area contributed by atoms with Crippen LogP contribution in [0.3, 0.4) is 0 Å². The molecule has 0 radical (unpaired) electrons. The van der Waals surface area contributed by atoms with Gasteiger partial charge in [0.2, 0.25) is 0 Å². The van der Waals surface area contributed by atoms with Gasteiger partial charge in [-0.05, 0) is 31.4 Å². The number of hydrogen-bond acceptors (Lipinski definition) is 4. The highest BCUT2D eigenvalue weighted by Gasteiger charge is 2.20. The smallest absolute Gasteiger partial charge is 0.306 e. The van der Waals surface area contributed by atoms with E-state index in [4.69, 9.17) is 0 Å². The minimum atomic E-state index is -0.361. The van der Waals surface area contributed by atoms with Crippen LogP contribution in [-0.4, -0.2) is 17.2 Å². The summed E-state index contributed by atoms with van der Waals surface area (Å²) >= 11 is 0. The Balaban J connectivity index is 2.15. The summed E-state index contributed by atoms with van der Waals surface area (Å²) in [6.07, 6.45) is 5.20. The van der Waals surface area contributed by atoms with Crippen molar-refractivity contribution in [2.75, 3.05) is 11.9 Å². The van der Waals surface area contributed by atoms with Gasteiger partial charge < -0.3 is 5.32 Å². The largest absolute Gasteiger partial charge is 0.356 e. The number of nitro groups is 1. The van der Waals surface area contributed by atoms with Crippen molar-refractivity contribution in [2.24, 2.45) is 4.99 Å². The van der Waals surface area contributed by atoms with Crippen LogP contribution in [0.25, 0.3) is 0 Å². The molecule has 0 bridgehead atoms. The van der Waals surface area contributed by atoms with Crippen molar-refractivity contribution in [3.8, 4) is 0 Å². The van der Waals surface area contributed by atoms with Crippen molar-refractivity contribution in [1.82, 2.24) is 0 Å². The normalized spacial score (nSPS) is 16.4. The lowest BCUT2D eigenvalue weighted by Crippen LogP contribution is -2.13. The van der Waals surface area contributed by atoms with Crippen molar-refractivity contribution in [2.45, 2.75) is 25.7 Å². The lowest BCUT2D eigenvalue weighted by Gasteiger charge is -2.03. The quantitative estimate of drug-likeness (QED) is 0.666. The Kier molecular flexibility index (Phi) is 4.66. The van der Waals surface area contributed by atoms with E-state index in [1.54, 1.807) is 0 Å². The average molecular weight is 259 g/mol. The van der Waals surface area contributed by atoms with E-state index < -0.39 is 0 Å². The van der Waals surface area contributed by atoms with Crippen LogP contribution in [-0.2, 0) is 0 Å². The summed E-state index contributed by atoms with van der Waals surface area (Å²) < 4.78 is 0. The molecule has 1 heterocycles. The zero-order valence-corrected chi connectivity index (χ0v) is 10.7. The zero-order chi connectivity index (χ0) is 13.5. The molecule has 1 N–H and O–H groups in total. The van der Waals surface area contributed by atoms with Gasteiger partial charge in [0, 0.05) is 12.2 Å². The van der Waals surface area contributed by atoms with E-state index in [0.717, 1.165) is 24.9 Å². The van der Waals surface area contributed by atoms with Crippen LogP contribution in [0.4, 0.5) is 5.69 Å². The first-order valence-electron chi connectivity index (χ1n) is 6.47. The number of allylic oxidation sites excluding steroid dienone is 1. The molecule has 1 aromatic carbocycles. The maximum Gasteiger partial charge on any atom is 0.306 e. The first kappa shape index (κ1) is 13.3. The fraction of sp³-hybridized carbons (Fsp3) is 0.357. The van der Waals surface area contributed by atoms with Crippen molar-refractivity contribution in [1.29, 1.82) is 0 Å². The SMILES string of the molecule is O=[N+]([O-])/C(=C/Nc1ccccc1)C1=NCCCCC1. The van der Waals surface area contributed by atoms with Crippen LogP contribution in [0.5, 0.6) is 0 Å². The number of rotatable bonds is 4.